The minimum atomic E-state index is -4.21. The van der Waals surface area contributed by atoms with Crippen molar-refractivity contribution in [1.82, 2.24) is 19.9 Å². The Morgan fingerprint density at radius 2 is 2.00 bits per heavy atom. The second kappa shape index (κ2) is 8.01. The Morgan fingerprint density at radius 3 is 2.70 bits per heavy atom. The smallest absolute Gasteiger partial charge is 0.350 e. The fourth-order valence-corrected chi connectivity index (χ4v) is 2.97. The second-order valence-corrected chi connectivity index (χ2v) is 7.71. The lowest BCUT2D eigenvalue weighted by Crippen LogP contribution is -2.13. The highest BCUT2D eigenvalue weighted by Gasteiger charge is 2.18. The van der Waals surface area contributed by atoms with Crippen LogP contribution >= 0.6 is 7.60 Å². The molecule has 0 radical (unpaired) electrons. The predicted octanol–water partition coefficient (Wildman–Crippen LogP) is 1.63. The number of hydrogen-bond acceptors (Lipinski definition) is 7. The van der Waals surface area contributed by atoms with Gasteiger partial charge in [-0.15, -0.1) is 0 Å². The summed E-state index contributed by atoms with van der Waals surface area (Å²) in [7, 11) is -4.21. The number of nitrogens with zero attached hydrogens (tertiary/aromatic N) is 3. The minimum absolute atomic E-state index is 0.0990. The number of nitrogen functional groups attached to an aromatic ring is 1. The molecule has 0 spiro atoms. The average molecular weight is 392 g/mol. The Kier molecular flexibility index (Phi) is 5.71. The molecule has 0 saturated carbocycles. The van der Waals surface area contributed by atoms with Crippen LogP contribution in [0.25, 0.3) is 11.2 Å². The van der Waals surface area contributed by atoms with Crippen LogP contribution in [-0.4, -0.2) is 42.2 Å². The zero-order valence-corrected chi connectivity index (χ0v) is 15.6. The number of aromatic nitrogens is 4. The molecule has 0 saturated heterocycles. The van der Waals surface area contributed by atoms with E-state index in [2.05, 4.69) is 25.3 Å². The zero-order chi connectivity index (χ0) is 19.4. The van der Waals surface area contributed by atoms with Gasteiger partial charge in [-0.2, -0.15) is 9.97 Å². The van der Waals surface area contributed by atoms with Crippen LogP contribution in [0.3, 0.4) is 0 Å². The van der Waals surface area contributed by atoms with Crippen molar-refractivity contribution in [2.75, 3.05) is 17.4 Å². The SMILES string of the molecule is CC(Cc1nc2nc(N)nc(NCc3ccccc3)c2[nH]1)OCP(=O)(O)O. The van der Waals surface area contributed by atoms with E-state index in [1.165, 1.54) is 0 Å². The Balaban J connectivity index is 1.75. The molecular weight excluding hydrogens is 371 g/mol. The number of fused-ring (bicyclic) bond motifs is 1. The van der Waals surface area contributed by atoms with Gasteiger partial charge in [0.05, 0.1) is 6.10 Å². The number of H-pyrrole nitrogens is 1. The molecule has 6 N–H and O–H groups in total. The molecule has 11 heteroatoms. The van der Waals surface area contributed by atoms with Crippen molar-refractivity contribution in [3.05, 3.63) is 41.7 Å². The molecule has 0 fully saturated rings. The van der Waals surface area contributed by atoms with E-state index in [1.807, 2.05) is 30.3 Å². The largest absolute Gasteiger partial charge is 0.368 e. The van der Waals surface area contributed by atoms with Crippen LogP contribution in [0.15, 0.2) is 30.3 Å². The lowest BCUT2D eigenvalue weighted by atomic mass is 10.2. The molecule has 2 aromatic heterocycles. The van der Waals surface area contributed by atoms with Crippen LogP contribution < -0.4 is 11.1 Å². The summed E-state index contributed by atoms with van der Waals surface area (Å²) >= 11 is 0. The number of aromatic amines is 1. The molecule has 1 unspecified atom stereocenters. The lowest BCUT2D eigenvalue weighted by molar-refractivity contribution is 0.0874. The van der Waals surface area contributed by atoms with Gasteiger partial charge in [-0.25, -0.2) is 4.98 Å². The molecule has 0 aliphatic heterocycles. The van der Waals surface area contributed by atoms with Crippen molar-refractivity contribution in [1.29, 1.82) is 0 Å². The topological polar surface area (TPSA) is 159 Å². The third-order valence-corrected chi connectivity index (χ3v) is 4.21. The van der Waals surface area contributed by atoms with Crippen molar-refractivity contribution < 1.29 is 19.1 Å². The first kappa shape index (κ1) is 19.2. The van der Waals surface area contributed by atoms with E-state index in [0.29, 0.717) is 35.8 Å². The summed E-state index contributed by atoms with van der Waals surface area (Å²) < 4.78 is 16.1. The normalized spacial score (nSPS) is 13.0. The first-order valence-electron chi connectivity index (χ1n) is 8.26. The molecule has 0 aliphatic carbocycles. The summed E-state index contributed by atoms with van der Waals surface area (Å²) in [5.74, 6) is 1.19. The number of imidazole rings is 1. The summed E-state index contributed by atoms with van der Waals surface area (Å²) in [6.45, 7) is 2.26. The Hall–Kier alpha value is -2.52. The summed E-state index contributed by atoms with van der Waals surface area (Å²) in [6.07, 6.45) is -0.747. The van der Waals surface area contributed by atoms with Gasteiger partial charge in [0.1, 0.15) is 17.7 Å². The Labute approximate surface area is 155 Å². The van der Waals surface area contributed by atoms with E-state index in [9.17, 15) is 4.57 Å². The number of hydrogen-bond donors (Lipinski definition) is 5. The summed E-state index contributed by atoms with van der Waals surface area (Å²) in [5.41, 5.74) is 7.88. The molecule has 27 heavy (non-hydrogen) atoms. The van der Waals surface area contributed by atoms with Gasteiger partial charge in [0.2, 0.25) is 5.95 Å². The highest BCUT2D eigenvalue weighted by molar-refractivity contribution is 7.51. The maximum absolute atomic E-state index is 10.9. The highest BCUT2D eigenvalue weighted by atomic mass is 31.2. The van der Waals surface area contributed by atoms with Crippen molar-refractivity contribution in [2.24, 2.45) is 0 Å². The molecule has 3 aromatic rings. The van der Waals surface area contributed by atoms with E-state index in [4.69, 9.17) is 20.3 Å². The van der Waals surface area contributed by atoms with E-state index in [1.54, 1.807) is 6.92 Å². The average Bonchev–Trinajstić information content (AvgIpc) is 3.00. The van der Waals surface area contributed by atoms with Crippen LogP contribution in [0.1, 0.15) is 18.3 Å². The van der Waals surface area contributed by atoms with Crippen molar-refractivity contribution in [3.8, 4) is 0 Å². The van der Waals surface area contributed by atoms with Gasteiger partial charge in [-0.05, 0) is 12.5 Å². The molecule has 1 aromatic carbocycles. The Bertz CT molecular complexity index is 958. The zero-order valence-electron chi connectivity index (χ0n) is 14.7. The van der Waals surface area contributed by atoms with E-state index in [0.717, 1.165) is 5.56 Å². The lowest BCUT2D eigenvalue weighted by Gasteiger charge is -2.12. The van der Waals surface area contributed by atoms with Gasteiger partial charge >= 0.3 is 7.60 Å². The van der Waals surface area contributed by atoms with Crippen LogP contribution in [0, 0.1) is 0 Å². The molecule has 3 rings (SSSR count). The molecule has 10 nitrogen and oxygen atoms in total. The number of nitrogens with two attached hydrogens (primary N) is 1. The molecule has 2 heterocycles. The van der Waals surface area contributed by atoms with Crippen LogP contribution in [0.5, 0.6) is 0 Å². The maximum atomic E-state index is 10.9. The van der Waals surface area contributed by atoms with Gasteiger partial charge in [0, 0.05) is 13.0 Å². The number of anilines is 2. The quantitative estimate of drug-likeness (QED) is 0.359. The third-order valence-electron chi connectivity index (χ3n) is 3.73. The third kappa shape index (κ3) is 5.48. The van der Waals surface area contributed by atoms with Crippen molar-refractivity contribution in [2.45, 2.75) is 26.0 Å². The molecule has 0 bridgehead atoms. The molecule has 1 atom stereocenters. The highest BCUT2D eigenvalue weighted by Crippen LogP contribution is 2.34. The number of rotatable bonds is 8. The van der Waals surface area contributed by atoms with E-state index in [-0.39, 0.29) is 5.95 Å². The standard InChI is InChI=1S/C16H21N6O4P/c1-10(26-9-27(23,24)25)7-12-19-13-14(21-16(17)22-15(13)20-12)18-8-11-5-3-2-4-6-11/h2-6,10H,7-9H2,1H3,(H2,23,24,25)(H4,17,18,19,20,21,22). The fraction of sp³-hybridized carbons (Fsp3) is 0.312. The fourth-order valence-electron chi connectivity index (χ4n) is 2.52. The van der Waals surface area contributed by atoms with E-state index < -0.39 is 20.0 Å². The maximum Gasteiger partial charge on any atom is 0.350 e. The first-order chi connectivity index (χ1) is 12.8. The van der Waals surface area contributed by atoms with Crippen molar-refractivity contribution in [3.63, 3.8) is 0 Å². The van der Waals surface area contributed by atoms with Gasteiger partial charge in [-0.3, -0.25) is 4.57 Å². The summed E-state index contributed by atoms with van der Waals surface area (Å²) in [6, 6.07) is 9.84. The van der Waals surface area contributed by atoms with Gasteiger partial charge in [0.15, 0.2) is 11.5 Å². The molecular formula is C16H21N6O4P. The minimum Gasteiger partial charge on any atom is -0.368 e. The summed E-state index contributed by atoms with van der Waals surface area (Å²) in [5, 5.41) is 3.22. The van der Waals surface area contributed by atoms with Crippen LogP contribution in [0.2, 0.25) is 0 Å². The number of nitrogens with one attached hydrogen (secondary N) is 2. The summed E-state index contributed by atoms with van der Waals surface area (Å²) in [4.78, 5) is 33.6. The second-order valence-electron chi connectivity index (χ2n) is 6.13. The van der Waals surface area contributed by atoms with Crippen LogP contribution in [0.4, 0.5) is 11.8 Å². The molecule has 0 aliphatic rings. The molecule has 0 amide bonds. The number of ether oxygens (including phenoxy) is 1. The number of benzene rings is 1. The first-order valence-corrected chi connectivity index (χ1v) is 10.1. The monoisotopic (exact) mass is 392 g/mol. The van der Waals surface area contributed by atoms with Gasteiger partial charge < -0.3 is 30.6 Å². The van der Waals surface area contributed by atoms with Gasteiger partial charge in [0.25, 0.3) is 0 Å². The molecule has 144 valence electrons. The Morgan fingerprint density at radius 1 is 1.26 bits per heavy atom. The van der Waals surface area contributed by atoms with Crippen molar-refractivity contribution >= 4 is 30.5 Å². The van der Waals surface area contributed by atoms with Gasteiger partial charge in [-0.1, -0.05) is 30.3 Å². The predicted molar refractivity (Wildman–Crippen MR) is 101 cm³/mol. The van der Waals surface area contributed by atoms with E-state index >= 15 is 0 Å². The van der Waals surface area contributed by atoms with Crippen LogP contribution in [-0.2, 0) is 22.3 Å².